The molecule has 1 aliphatic heterocycles. The first-order valence-electron chi connectivity index (χ1n) is 13.4. The Kier molecular flexibility index (Phi) is 7.95. The molecule has 1 saturated heterocycles. The second-order valence-corrected chi connectivity index (χ2v) is 10.7. The van der Waals surface area contributed by atoms with Gasteiger partial charge in [0.15, 0.2) is 10.8 Å². The molecule has 10 nitrogen and oxygen atoms in total. The zero-order chi connectivity index (χ0) is 30.1. The molecule has 2 aromatic carbocycles. The third-order valence-corrected chi connectivity index (χ3v) is 7.67. The van der Waals surface area contributed by atoms with E-state index in [9.17, 15) is 14.3 Å². The minimum absolute atomic E-state index is 0.0139. The first-order valence-corrected chi connectivity index (χ1v) is 14.2. The average molecular weight is 612 g/mol. The summed E-state index contributed by atoms with van der Waals surface area (Å²) in [4.78, 5) is 20.2. The number of ether oxygens (including phenoxy) is 3. The van der Waals surface area contributed by atoms with Crippen LogP contribution in [-0.2, 0) is 24.3 Å². The van der Waals surface area contributed by atoms with E-state index < -0.39 is 23.4 Å². The lowest BCUT2D eigenvalue weighted by molar-refractivity contribution is -0.0589. The predicted octanol–water partition coefficient (Wildman–Crippen LogP) is 5.42. The van der Waals surface area contributed by atoms with Crippen LogP contribution in [0.5, 0.6) is 11.1 Å². The number of carboxylic acid groups (broad SMARTS) is 1. The van der Waals surface area contributed by atoms with Crippen LogP contribution >= 0.6 is 11.3 Å². The highest BCUT2D eigenvalue weighted by molar-refractivity contribution is 7.13. The van der Waals surface area contributed by atoms with E-state index in [0.717, 1.165) is 24.6 Å². The van der Waals surface area contributed by atoms with Crippen molar-refractivity contribution in [3.63, 3.8) is 0 Å². The van der Waals surface area contributed by atoms with Crippen LogP contribution in [0.2, 0.25) is 0 Å². The van der Waals surface area contributed by atoms with Crippen molar-refractivity contribution in [2.24, 2.45) is 0 Å². The van der Waals surface area contributed by atoms with Gasteiger partial charge in [0.1, 0.15) is 29.6 Å². The average Bonchev–Trinajstić information content (AvgIpc) is 3.56. The summed E-state index contributed by atoms with van der Waals surface area (Å²) in [5.41, 5.74) is 0.00994. The second-order valence-electron chi connectivity index (χ2n) is 9.70. The van der Waals surface area contributed by atoms with Gasteiger partial charge in [0, 0.05) is 24.7 Å². The molecule has 5 aromatic rings. The molecule has 0 radical (unpaired) electrons. The van der Waals surface area contributed by atoms with Crippen LogP contribution < -0.4 is 9.47 Å². The SMILES string of the molecule is CCOc1nnc(COc2cccc(-c3cc(F)c(Cc4nc5c(F)cc(C(=O)O)cc5n4C[C@@H]4CCO4)cc3F)n2)s1. The normalized spacial score (nSPS) is 14.6. The van der Waals surface area contributed by atoms with Crippen molar-refractivity contribution < 1.29 is 37.3 Å². The number of hydrogen-bond acceptors (Lipinski definition) is 9. The van der Waals surface area contributed by atoms with Crippen molar-refractivity contribution in [3.8, 4) is 22.3 Å². The summed E-state index contributed by atoms with van der Waals surface area (Å²) in [6, 6.07) is 9.03. The number of pyridine rings is 1. The Labute approximate surface area is 246 Å². The summed E-state index contributed by atoms with van der Waals surface area (Å²) >= 11 is 1.23. The smallest absolute Gasteiger partial charge is 0.335 e. The van der Waals surface area contributed by atoms with E-state index in [4.69, 9.17) is 14.2 Å². The second kappa shape index (κ2) is 12.0. The fraction of sp³-hybridized carbons (Fsp3) is 0.276. The molecule has 43 heavy (non-hydrogen) atoms. The highest BCUT2D eigenvalue weighted by Crippen LogP contribution is 2.30. The van der Waals surface area contributed by atoms with Gasteiger partial charge in [-0.3, -0.25) is 0 Å². The number of carboxylic acids is 1. The number of rotatable bonds is 11. The van der Waals surface area contributed by atoms with Gasteiger partial charge in [0.2, 0.25) is 5.88 Å². The molecule has 0 aliphatic carbocycles. The van der Waals surface area contributed by atoms with Gasteiger partial charge in [-0.25, -0.2) is 27.9 Å². The molecule has 1 atom stereocenters. The topological polar surface area (TPSA) is 121 Å². The maximum absolute atomic E-state index is 15.4. The van der Waals surface area contributed by atoms with E-state index in [0.29, 0.717) is 23.4 Å². The molecule has 0 amide bonds. The van der Waals surface area contributed by atoms with Gasteiger partial charge < -0.3 is 23.9 Å². The number of carbonyl (C=O) groups is 1. The quantitative estimate of drug-likeness (QED) is 0.209. The Balaban J connectivity index is 1.27. The van der Waals surface area contributed by atoms with Gasteiger partial charge >= 0.3 is 5.97 Å². The first-order chi connectivity index (χ1) is 20.8. The number of aromatic nitrogens is 5. The zero-order valence-electron chi connectivity index (χ0n) is 22.7. The van der Waals surface area contributed by atoms with Crippen LogP contribution in [0.1, 0.15) is 40.1 Å². The van der Waals surface area contributed by atoms with Gasteiger partial charge in [-0.1, -0.05) is 22.5 Å². The Morgan fingerprint density at radius 2 is 1.93 bits per heavy atom. The molecule has 0 unspecified atom stereocenters. The number of hydrogen-bond donors (Lipinski definition) is 1. The highest BCUT2D eigenvalue weighted by Gasteiger charge is 2.25. The molecule has 14 heteroatoms. The molecule has 6 rings (SSSR count). The van der Waals surface area contributed by atoms with Gasteiger partial charge in [0.25, 0.3) is 5.19 Å². The van der Waals surface area contributed by atoms with Gasteiger partial charge in [-0.2, -0.15) is 0 Å². The van der Waals surface area contributed by atoms with Gasteiger partial charge in [0.05, 0.1) is 36.0 Å². The van der Waals surface area contributed by atoms with Crippen LogP contribution in [0.25, 0.3) is 22.3 Å². The van der Waals surface area contributed by atoms with Crippen LogP contribution in [0.15, 0.2) is 42.5 Å². The molecule has 1 aliphatic rings. The minimum atomic E-state index is -1.29. The molecule has 4 heterocycles. The number of nitrogens with zero attached hydrogens (tertiary/aromatic N) is 5. The zero-order valence-corrected chi connectivity index (χ0v) is 23.5. The van der Waals surface area contributed by atoms with Crippen molar-refractivity contribution in [1.82, 2.24) is 24.7 Å². The summed E-state index contributed by atoms with van der Waals surface area (Å²) in [5.74, 6) is -3.12. The Hall–Kier alpha value is -4.56. The van der Waals surface area contributed by atoms with Crippen molar-refractivity contribution in [2.75, 3.05) is 13.2 Å². The monoisotopic (exact) mass is 611 g/mol. The Morgan fingerprint density at radius 3 is 2.67 bits per heavy atom. The number of imidazole rings is 1. The fourth-order valence-corrected chi connectivity index (χ4v) is 5.33. The molecular weight excluding hydrogens is 587 g/mol. The predicted molar refractivity (Wildman–Crippen MR) is 149 cm³/mol. The number of benzene rings is 2. The third kappa shape index (κ3) is 6.01. The van der Waals surface area contributed by atoms with E-state index in [1.54, 1.807) is 16.7 Å². The molecular formula is C29H24F3N5O5S. The number of halogens is 3. The molecule has 1 N–H and O–H groups in total. The van der Waals surface area contributed by atoms with E-state index in [1.807, 2.05) is 6.92 Å². The first kappa shape index (κ1) is 28.6. The highest BCUT2D eigenvalue weighted by atomic mass is 32.1. The van der Waals surface area contributed by atoms with E-state index in [2.05, 4.69) is 20.2 Å². The molecule has 0 spiro atoms. The van der Waals surface area contributed by atoms with Crippen LogP contribution in [0.4, 0.5) is 13.2 Å². The van der Waals surface area contributed by atoms with Gasteiger partial charge in [-0.15, -0.1) is 5.10 Å². The van der Waals surface area contributed by atoms with Gasteiger partial charge in [-0.05, 0) is 49.2 Å². The van der Waals surface area contributed by atoms with Crippen molar-refractivity contribution in [1.29, 1.82) is 0 Å². The number of fused-ring (bicyclic) bond motifs is 1. The minimum Gasteiger partial charge on any atom is -0.478 e. The Bertz CT molecular complexity index is 1820. The van der Waals surface area contributed by atoms with Crippen LogP contribution in [-0.4, -0.2) is 55.1 Å². The van der Waals surface area contributed by atoms with Crippen molar-refractivity contribution in [3.05, 3.63) is 81.9 Å². The van der Waals surface area contributed by atoms with E-state index in [1.165, 1.54) is 23.5 Å². The molecule has 3 aromatic heterocycles. The molecule has 1 fully saturated rings. The summed E-state index contributed by atoms with van der Waals surface area (Å²) in [6.07, 6.45) is 0.396. The lowest BCUT2D eigenvalue weighted by atomic mass is 10.0. The number of aromatic carboxylic acids is 1. The summed E-state index contributed by atoms with van der Waals surface area (Å²) < 4.78 is 63.8. The van der Waals surface area contributed by atoms with Crippen LogP contribution in [0, 0.1) is 17.5 Å². The van der Waals surface area contributed by atoms with Crippen LogP contribution in [0.3, 0.4) is 0 Å². The largest absolute Gasteiger partial charge is 0.478 e. The summed E-state index contributed by atoms with van der Waals surface area (Å²) in [5, 5.41) is 18.3. The van der Waals surface area contributed by atoms with Crippen molar-refractivity contribution in [2.45, 2.75) is 39.0 Å². The molecule has 222 valence electrons. The molecule has 0 bridgehead atoms. The Morgan fingerprint density at radius 1 is 1.09 bits per heavy atom. The van der Waals surface area contributed by atoms with E-state index >= 15 is 8.78 Å². The summed E-state index contributed by atoms with van der Waals surface area (Å²) in [7, 11) is 0. The van der Waals surface area contributed by atoms with E-state index in [-0.39, 0.29) is 70.8 Å². The maximum atomic E-state index is 15.4. The maximum Gasteiger partial charge on any atom is 0.335 e. The summed E-state index contributed by atoms with van der Waals surface area (Å²) in [6.45, 7) is 3.19. The molecule has 0 saturated carbocycles. The fourth-order valence-electron chi connectivity index (χ4n) is 4.67. The van der Waals surface area contributed by atoms with Crippen molar-refractivity contribution >= 4 is 28.3 Å². The third-order valence-electron chi connectivity index (χ3n) is 6.86. The lowest BCUT2D eigenvalue weighted by Crippen LogP contribution is -2.31. The standard InChI is InChI=1S/C29H24F3N5O5S/c1-2-40-29-36-35-26(43-29)14-42-25-5-3-4-22(33-25)18-12-19(30)15(8-20(18)31)11-24-34-27-21(32)9-16(28(38)39)10-23(27)37(24)13-17-6-7-41-17/h3-5,8-10,12,17H,2,6-7,11,13-14H2,1H3,(H,38,39)/t17-/m0/s1. The lowest BCUT2D eigenvalue weighted by Gasteiger charge is -2.27.